The van der Waals surface area contributed by atoms with E-state index in [0.717, 1.165) is 12.0 Å². The van der Waals surface area contributed by atoms with Gasteiger partial charge in [-0.1, -0.05) is 18.2 Å². The fraction of sp³-hybridized carbons (Fsp3) is 0.300. The van der Waals surface area contributed by atoms with E-state index in [0.29, 0.717) is 6.42 Å². The summed E-state index contributed by atoms with van der Waals surface area (Å²) < 4.78 is 0. The molecule has 64 valence electrons. The minimum Gasteiger partial charge on any atom is -0.382 e. The third-order valence-corrected chi connectivity index (χ3v) is 1.64. The molecule has 1 rings (SSSR count). The Hall–Kier alpha value is -1.31. The van der Waals surface area contributed by atoms with Gasteiger partial charge in [-0.2, -0.15) is 0 Å². The van der Waals surface area contributed by atoms with Crippen LogP contribution in [0.4, 0.5) is 5.69 Å². The summed E-state index contributed by atoms with van der Waals surface area (Å²) in [5.74, 6) is 0. The third kappa shape index (κ3) is 2.74. The zero-order chi connectivity index (χ0) is 8.81. The van der Waals surface area contributed by atoms with Crippen molar-refractivity contribution in [1.82, 2.24) is 0 Å². The van der Waals surface area contributed by atoms with Crippen molar-refractivity contribution in [1.29, 1.82) is 0 Å². The van der Waals surface area contributed by atoms with Gasteiger partial charge in [-0.15, -0.1) is 0 Å². The molecule has 2 heteroatoms. The predicted octanol–water partition coefficient (Wildman–Crippen LogP) is 2.08. The smallest absolute Gasteiger partial charge is 0.122 e. The largest absolute Gasteiger partial charge is 0.382 e. The van der Waals surface area contributed by atoms with E-state index >= 15 is 0 Å². The molecule has 1 aromatic rings. The number of carbonyl (C=O) groups excluding carboxylic acids is 1. The molecule has 0 saturated heterocycles. The van der Waals surface area contributed by atoms with Crippen molar-refractivity contribution in [2.75, 3.05) is 5.32 Å². The van der Waals surface area contributed by atoms with Crippen molar-refractivity contribution in [3.63, 3.8) is 0 Å². The molecule has 1 aromatic carbocycles. The van der Waals surface area contributed by atoms with Crippen LogP contribution < -0.4 is 5.32 Å². The SMILES string of the molecule is CC(CC=O)Nc1ccccc1. The topological polar surface area (TPSA) is 29.1 Å². The summed E-state index contributed by atoms with van der Waals surface area (Å²) in [5.41, 5.74) is 1.06. The molecular formula is C10H13NO. The number of hydrogen-bond donors (Lipinski definition) is 1. The molecule has 1 N–H and O–H groups in total. The summed E-state index contributed by atoms with van der Waals surface area (Å²) in [5, 5.41) is 3.21. The van der Waals surface area contributed by atoms with E-state index in [9.17, 15) is 4.79 Å². The zero-order valence-electron chi connectivity index (χ0n) is 7.16. The highest BCUT2D eigenvalue weighted by Crippen LogP contribution is 2.07. The van der Waals surface area contributed by atoms with Crippen LogP contribution in [0.5, 0.6) is 0 Å². The van der Waals surface area contributed by atoms with Gasteiger partial charge < -0.3 is 10.1 Å². The Bertz CT molecular complexity index is 233. The lowest BCUT2D eigenvalue weighted by atomic mass is 10.2. The second-order valence-corrected chi connectivity index (χ2v) is 2.81. The Morgan fingerprint density at radius 1 is 1.42 bits per heavy atom. The lowest BCUT2D eigenvalue weighted by Gasteiger charge is -2.11. The van der Waals surface area contributed by atoms with Gasteiger partial charge in [-0.25, -0.2) is 0 Å². The number of aldehydes is 1. The number of para-hydroxylation sites is 1. The van der Waals surface area contributed by atoms with Gasteiger partial charge in [0.2, 0.25) is 0 Å². The van der Waals surface area contributed by atoms with Crippen LogP contribution in [-0.4, -0.2) is 12.3 Å². The standard InChI is InChI=1S/C10H13NO/c1-9(7-8-12)11-10-5-3-2-4-6-10/h2-6,8-9,11H,7H2,1H3. The summed E-state index contributed by atoms with van der Waals surface area (Å²) in [7, 11) is 0. The average Bonchev–Trinajstić information content (AvgIpc) is 2.06. The molecule has 0 aromatic heterocycles. The van der Waals surface area contributed by atoms with Crippen LogP contribution in [0, 0.1) is 0 Å². The number of carbonyl (C=O) groups is 1. The summed E-state index contributed by atoms with van der Waals surface area (Å²) in [4.78, 5) is 10.2. The molecule has 0 saturated carbocycles. The molecule has 0 amide bonds. The second-order valence-electron chi connectivity index (χ2n) is 2.81. The highest BCUT2D eigenvalue weighted by molar-refractivity contribution is 5.53. The third-order valence-electron chi connectivity index (χ3n) is 1.64. The molecule has 0 heterocycles. The van der Waals surface area contributed by atoms with Crippen LogP contribution in [0.2, 0.25) is 0 Å². The van der Waals surface area contributed by atoms with Gasteiger partial charge in [0.1, 0.15) is 6.29 Å². The van der Waals surface area contributed by atoms with E-state index < -0.39 is 0 Å². The van der Waals surface area contributed by atoms with E-state index in [4.69, 9.17) is 0 Å². The monoisotopic (exact) mass is 163 g/mol. The minimum atomic E-state index is 0.213. The van der Waals surface area contributed by atoms with E-state index in [2.05, 4.69) is 5.32 Å². The van der Waals surface area contributed by atoms with Gasteiger partial charge >= 0.3 is 0 Å². The Kier molecular flexibility index (Phi) is 3.33. The van der Waals surface area contributed by atoms with Crippen molar-refractivity contribution in [3.8, 4) is 0 Å². The summed E-state index contributed by atoms with van der Waals surface area (Å²) >= 11 is 0. The van der Waals surface area contributed by atoms with Crippen molar-refractivity contribution < 1.29 is 4.79 Å². The van der Waals surface area contributed by atoms with E-state index in [1.807, 2.05) is 37.3 Å². The van der Waals surface area contributed by atoms with Crippen LogP contribution in [0.15, 0.2) is 30.3 Å². The van der Waals surface area contributed by atoms with Crippen LogP contribution in [-0.2, 0) is 4.79 Å². The number of anilines is 1. The quantitative estimate of drug-likeness (QED) is 0.688. The molecule has 0 fully saturated rings. The highest BCUT2D eigenvalue weighted by Gasteiger charge is 1.98. The first-order chi connectivity index (χ1) is 5.83. The lowest BCUT2D eigenvalue weighted by molar-refractivity contribution is -0.107. The minimum absolute atomic E-state index is 0.213. The molecule has 0 aliphatic carbocycles. The fourth-order valence-electron chi connectivity index (χ4n) is 1.02. The summed E-state index contributed by atoms with van der Waals surface area (Å²) in [6, 6.07) is 10.1. The van der Waals surface area contributed by atoms with E-state index in [1.165, 1.54) is 0 Å². The van der Waals surface area contributed by atoms with Crippen molar-refractivity contribution in [3.05, 3.63) is 30.3 Å². The maximum atomic E-state index is 10.2. The Labute approximate surface area is 72.6 Å². The Morgan fingerprint density at radius 3 is 2.67 bits per heavy atom. The van der Waals surface area contributed by atoms with Crippen molar-refractivity contribution in [2.45, 2.75) is 19.4 Å². The number of nitrogens with one attached hydrogen (secondary N) is 1. The van der Waals surface area contributed by atoms with Gasteiger partial charge in [0, 0.05) is 18.2 Å². The average molecular weight is 163 g/mol. The fourth-order valence-corrected chi connectivity index (χ4v) is 1.02. The molecule has 0 aliphatic rings. The molecule has 0 bridgehead atoms. The summed E-state index contributed by atoms with van der Waals surface area (Å²) in [6.45, 7) is 1.99. The number of hydrogen-bond acceptors (Lipinski definition) is 2. The first kappa shape index (κ1) is 8.78. The van der Waals surface area contributed by atoms with Gasteiger partial charge in [0.25, 0.3) is 0 Å². The Balaban J connectivity index is 2.46. The van der Waals surface area contributed by atoms with Gasteiger partial charge in [-0.05, 0) is 19.1 Å². The summed E-state index contributed by atoms with van der Waals surface area (Å²) in [6.07, 6.45) is 1.48. The number of benzene rings is 1. The predicted molar refractivity (Wildman–Crippen MR) is 50.2 cm³/mol. The molecule has 2 nitrogen and oxygen atoms in total. The lowest BCUT2D eigenvalue weighted by Crippen LogP contribution is -2.14. The molecular weight excluding hydrogens is 150 g/mol. The molecule has 0 spiro atoms. The molecule has 0 aliphatic heterocycles. The maximum absolute atomic E-state index is 10.2. The first-order valence-corrected chi connectivity index (χ1v) is 4.08. The molecule has 12 heavy (non-hydrogen) atoms. The van der Waals surface area contributed by atoms with Crippen LogP contribution in [0.3, 0.4) is 0 Å². The van der Waals surface area contributed by atoms with Gasteiger partial charge in [-0.3, -0.25) is 0 Å². The first-order valence-electron chi connectivity index (χ1n) is 4.08. The van der Waals surface area contributed by atoms with Crippen LogP contribution in [0.1, 0.15) is 13.3 Å². The molecule has 0 radical (unpaired) electrons. The number of rotatable bonds is 4. The second kappa shape index (κ2) is 4.54. The van der Waals surface area contributed by atoms with Crippen LogP contribution >= 0.6 is 0 Å². The van der Waals surface area contributed by atoms with Gasteiger partial charge in [0.05, 0.1) is 0 Å². The highest BCUT2D eigenvalue weighted by atomic mass is 16.1. The maximum Gasteiger partial charge on any atom is 0.122 e. The van der Waals surface area contributed by atoms with Crippen LogP contribution in [0.25, 0.3) is 0 Å². The Morgan fingerprint density at radius 2 is 2.08 bits per heavy atom. The van der Waals surface area contributed by atoms with E-state index in [1.54, 1.807) is 0 Å². The van der Waals surface area contributed by atoms with Crippen molar-refractivity contribution >= 4 is 12.0 Å². The van der Waals surface area contributed by atoms with Crippen molar-refractivity contribution in [2.24, 2.45) is 0 Å². The van der Waals surface area contributed by atoms with E-state index in [-0.39, 0.29) is 6.04 Å². The normalized spacial score (nSPS) is 12.1. The molecule has 1 atom stereocenters. The van der Waals surface area contributed by atoms with Gasteiger partial charge in [0.15, 0.2) is 0 Å². The molecule has 1 unspecified atom stereocenters. The zero-order valence-corrected chi connectivity index (χ0v) is 7.16.